The molecule has 1 atom stereocenters. The number of amides is 1. The summed E-state index contributed by atoms with van der Waals surface area (Å²) in [6.07, 6.45) is 1.59. The monoisotopic (exact) mass is 412 g/mol. The van der Waals surface area contributed by atoms with E-state index in [1.165, 1.54) is 16.4 Å². The lowest BCUT2D eigenvalue weighted by atomic mass is 10.1. The van der Waals surface area contributed by atoms with Gasteiger partial charge in [0.1, 0.15) is 0 Å². The van der Waals surface area contributed by atoms with Crippen molar-refractivity contribution in [2.75, 3.05) is 19.6 Å². The first kappa shape index (κ1) is 21.0. The Morgan fingerprint density at radius 3 is 2.48 bits per heavy atom. The van der Waals surface area contributed by atoms with Crippen LogP contribution in [0, 0.1) is 32.1 Å². The number of carbonyl (C=O) groups excluding carboxylic acids is 1. The van der Waals surface area contributed by atoms with Gasteiger partial charge in [0.15, 0.2) is 0 Å². The molecule has 1 saturated heterocycles. The van der Waals surface area contributed by atoms with Gasteiger partial charge in [-0.1, -0.05) is 0 Å². The maximum absolute atomic E-state index is 13.1. The summed E-state index contributed by atoms with van der Waals surface area (Å²) in [4.78, 5) is 19.1. The van der Waals surface area contributed by atoms with E-state index in [9.17, 15) is 13.2 Å². The summed E-state index contributed by atoms with van der Waals surface area (Å²) in [5.74, 6) is -0.130. The van der Waals surface area contributed by atoms with Crippen molar-refractivity contribution in [1.82, 2.24) is 14.2 Å². The van der Waals surface area contributed by atoms with Gasteiger partial charge in [-0.05, 0) is 63.1 Å². The van der Waals surface area contributed by atoms with Gasteiger partial charge in [-0.2, -0.15) is 9.57 Å². The van der Waals surface area contributed by atoms with Crippen LogP contribution in [0.1, 0.15) is 39.7 Å². The van der Waals surface area contributed by atoms with E-state index in [2.05, 4.69) is 4.98 Å². The fourth-order valence-electron chi connectivity index (χ4n) is 3.67. The van der Waals surface area contributed by atoms with E-state index in [0.717, 1.165) is 11.3 Å². The number of hydrogen-bond donors (Lipinski definition) is 0. The lowest BCUT2D eigenvalue weighted by Gasteiger charge is -2.39. The number of pyridine rings is 1. The molecule has 0 bridgehead atoms. The molecule has 8 heteroatoms. The first-order valence-corrected chi connectivity index (χ1v) is 10.8. The molecule has 1 unspecified atom stereocenters. The molecular weight excluding hydrogens is 388 g/mol. The maximum atomic E-state index is 13.1. The van der Waals surface area contributed by atoms with Crippen LogP contribution >= 0.6 is 0 Å². The molecule has 2 heterocycles. The molecule has 0 saturated carbocycles. The van der Waals surface area contributed by atoms with Crippen molar-refractivity contribution in [1.29, 1.82) is 5.26 Å². The van der Waals surface area contributed by atoms with Crippen molar-refractivity contribution in [3.8, 4) is 6.07 Å². The summed E-state index contributed by atoms with van der Waals surface area (Å²) < 4.78 is 27.7. The lowest BCUT2D eigenvalue weighted by molar-refractivity contribution is 0.0590. The molecule has 1 amide bonds. The second kappa shape index (κ2) is 7.93. The molecule has 1 aliphatic heterocycles. The first-order valence-electron chi connectivity index (χ1n) is 9.40. The van der Waals surface area contributed by atoms with E-state index in [0.29, 0.717) is 23.2 Å². The van der Waals surface area contributed by atoms with Crippen molar-refractivity contribution < 1.29 is 13.2 Å². The number of nitrogens with zero attached hydrogens (tertiary/aromatic N) is 4. The smallest absolute Gasteiger partial charge is 0.256 e. The van der Waals surface area contributed by atoms with Crippen molar-refractivity contribution in [3.05, 3.63) is 58.4 Å². The highest BCUT2D eigenvalue weighted by Crippen LogP contribution is 2.25. The van der Waals surface area contributed by atoms with Gasteiger partial charge in [0.2, 0.25) is 10.0 Å². The van der Waals surface area contributed by atoms with E-state index < -0.39 is 10.0 Å². The number of carbonyl (C=O) groups is 1. The molecule has 1 aromatic heterocycles. The Morgan fingerprint density at radius 2 is 1.90 bits per heavy atom. The van der Waals surface area contributed by atoms with Crippen molar-refractivity contribution >= 4 is 15.9 Å². The minimum absolute atomic E-state index is 0.130. The third-order valence-electron chi connectivity index (χ3n) is 5.25. The molecular formula is C21H24N4O3S. The minimum Gasteiger partial charge on any atom is -0.333 e. The van der Waals surface area contributed by atoms with Crippen LogP contribution < -0.4 is 0 Å². The summed E-state index contributed by atoms with van der Waals surface area (Å²) in [6.45, 7) is 8.02. The molecule has 0 radical (unpaired) electrons. The fraction of sp³-hybridized carbons (Fsp3) is 0.381. The molecule has 3 rings (SSSR count). The largest absolute Gasteiger partial charge is 0.333 e. The molecule has 7 nitrogen and oxygen atoms in total. The quantitative estimate of drug-likeness (QED) is 0.772. The summed E-state index contributed by atoms with van der Waals surface area (Å²) >= 11 is 0. The SMILES string of the molecule is Cc1cc(C)c(C(=O)N2CCN(S(=O)(=O)c3ccc(C#N)cc3C)CC2C)cn1. The number of aryl methyl sites for hydroxylation is 3. The number of nitriles is 1. The van der Waals surface area contributed by atoms with Crippen LogP contribution in [0.4, 0.5) is 0 Å². The summed E-state index contributed by atoms with van der Waals surface area (Å²) in [6, 6.07) is 8.17. The summed E-state index contributed by atoms with van der Waals surface area (Å²) in [5.41, 5.74) is 3.21. The Labute approximate surface area is 171 Å². The highest BCUT2D eigenvalue weighted by atomic mass is 32.2. The molecule has 152 valence electrons. The van der Waals surface area contributed by atoms with E-state index in [1.807, 2.05) is 32.9 Å². The Hall–Kier alpha value is -2.76. The van der Waals surface area contributed by atoms with Crippen molar-refractivity contribution in [3.63, 3.8) is 0 Å². The molecule has 0 N–H and O–H groups in total. The van der Waals surface area contributed by atoms with E-state index in [4.69, 9.17) is 5.26 Å². The van der Waals surface area contributed by atoms with Crippen LogP contribution in [0.15, 0.2) is 35.4 Å². The van der Waals surface area contributed by atoms with Crippen molar-refractivity contribution in [2.24, 2.45) is 0 Å². The highest BCUT2D eigenvalue weighted by Gasteiger charge is 2.35. The Kier molecular flexibility index (Phi) is 5.73. The van der Waals surface area contributed by atoms with Gasteiger partial charge in [-0.15, -0.1) is 0 Å². The fourth-order valence-corrected chi connectivity index (χ4v) is 5.38. The Balaban J connectivity index is 1.80. The Morgan fingerprint density at radius 1 is 1.17 bits per heavy atom. The molecule has 1 aromatic carbocycles. The van der Waals surface area contributed by atoms with Crippen molar-refractivity contribution in [2.45, 2.75) is 38.6 Å². The van der Waals surface area contributed by atoms with Gasteiger partial charge in [0.25, 0.3) is 5.91 Å². The zero-order valence-electron chi connectivity index (χ0n) is 17.0. The number of sulfonamides is 1. The third-order valence-corrected chi connectivity index (χ3v) is 7.28. The van der Waals surface area contributed by atoms with Gasteiger partial charge in [0, 0.05) is 37.6 Å². The lowest BCUT2D eigenvalue weighted by Crippen LogP contribution is -2.55. The normalized spacial score (nSPS) is 17.8. The second-order valence-corrected chi connectivity index (χ2v) is 9.35. The molecule has 0 spiro atoms. The number of aromatic nitrogens is 1. The number of hydrogen-bond acceptors (Lipinski definition) is 5. The predicted octanol–water partition coefficient (Wildman–Crippen LogP) is 2.41. The molecule has 1 aliphatic rings. The Bertz CT molecular complexity index is 1110. The highest BCUT2D eigenvalue weighted by molar-refractivity contribution is 7.89. The summed E-state index contributed by atoms with van der Waals surface area (Å²) in [7, 11) is -3.70. The first-order chi connectivity index (χ1) is 13.6. The zero-order valence-corrected chi connectivity index (χ0v) is 17.8. The number of benzene rings is 1. The van der Waals surface area contributed by atoms with Gasteiger partial charge in [-0.3, -0.25) is 9.78 Å². The van der Waals surface area contributed by atoms with Crippen LogP contribution in [-0.2, 0) is 10.0 Å². The van der Waals surface area contributed by atoms with Crippen LogP contribution in [0.25, 0.3) is 0 Å². The van der Waals surface area contributed by atoms with Gasteiger partial charge in [0.05, 0.1) is 22.1 Å². The molecule has 1 fully saturated rings. The minimum atomic E-state index is -3.70. The molecule has 29 heavy (non-hydrogen) atoms. The predicted molar refractivity (Wildman–Crippen MR) is 109 cm³/mol. The van der Waals surface area contributed by atoms with E-state index in [-0.39, 0.29) is 29.9 Å². The third kappa shape index (κ3) is 4.02. The molecule has 2 aromatic rings. The van der Waals surface area contributed by atoms with Gasteiger partial charge < -0.3 is 4.90 Å². The number of piperazine rings is 1. The maximum Gasteiger partial charge on any atom is 0.256 e. The van der Waals surface area contributed by atoms with E-state index >= 15 is 0 Å². The average molecular weight is 413 g/mol. The van der Waals surface area contributed by atoms with Crippen LogP contribution in [-0.4, -0.2) is 54.2 Å². The van der Waals surface area contributed by atoms with Crippen LogP contribution in [0.2, 0.25) is 0 Å². The summed E-state index contributed by atoms with van der Waals surface area (Å²) in [5, 5.41) is 9.00. The van der Waals surface area contributed by atoms with Gasteiger partial charge >= 0.3 is 0 Å². The zero-order chi connectivity index (χ0) is 21.3. The van der Waals surface area contributed by atoms with E-state index in [1.54, 1.807) is 24.1 Å². The second-order valence-electron chi connectivity index (χ2n) is 7.44. The number of rotatable bonds is 3. The van der Waals surface area contributed by atoms with Gasteiger partial charge in [-0.25, -0.2) is 8.42 Å². The average Bonchev–Trinajstić information content (AvgIpc) is 2.67. The van der Waals surface area contributed by atoms with Crippen LogP contribution in [0.3, 0.4) is 0 Å². The van der Waals surface area contributed by atoms with Crippen LogP contribution in [0.5, 0.6) is 0 Å². The topological polar surface area (TPSA) is 94.4 Å². The molecule has 0 aliphatic carbocycles. The standard InChI is InChI=1S/C21H24N4O3S/c1-14-9-16(3)23-12-19(14)21(26)25-8-7-24(13-17(25)4)29(27,28)20-6-5-18(11-22)10-15(20)2/h5-6,9-10,12,17H,7-8,13H2,1-4H3.